The lowest BCUT2D eigenvalue weighted by Crippen LogP contribution is -2.42. The Bertz CT molecular complexity index is 300. The van der Waals surface area contributed by atoms with Gasteiger partial charge in [-0.15, -0.1) is 0 Å². The van der Waals surface area contributed by atoms with E-state index in [1.54, 1.807) is 0 Å². The molecule has 1 aromatic heterocycles. The molecule has 78 valence electrons. The van der Waals surface area contributed by atoms with Crippen LogP contribution < -0.4 is 5.32 Å². The third-order valence-corrected chi connectivity index (χ3v) is 2.75. The lowest BCUT2D eigenvalue weighted by atomic mass is 10.2. The molecule has 0 aliphatic carbocycles. The molecule has 0 saturated carbocycles. The molecule has 1 N–H and O–H groups in total. The molecule has 0 atom stereocenters. The molecule has 0 spiro atoms. The SMILES string of the molecule is Cc1cc(CN2CCNCC2)c(C)o1. The van der Waals surface area contributed by atoms with E-state index in [1.807, 2.05) is 13.8 Å². The van der Waals surface area contributed by atoms with Crippen LogP contribution >= 0.6 is 0 Å². The molecule has 3 heteroatoms. The second-order valence-corrected chi connectivity index (χ2v) is 3.96. The van der Waals surface area contributed by atoms with E-state index in [1.165, 1.54) is 5.56 Å². The Morgan fingerprint density at radius 2 is 2.07 bits per heavy atom. The maximum atomic E-state index is 5.51. The van der Waals surface area contributed by atoms with Gasteiger partial charge in [0, 0.05) is 38.3 Å². The van der Waals surface area contributed by atoms with Crippen LogP contribution in [0.3, 0.4) is 0 Å². The quantitative estimate of drug-likeness (QED) is 0.769. The lowest BCUT2D eigenvalue weighted by molar-refractivity contribution is 0.232. The predicted molar refractivity (Wildman–Crippen MR) is 56.3 cm³/mol. The summed E-state index contributed by atoms with van der Waals surface area (Å²) in [6.45, 7) is 9.59. The molecule has 0 aromatic carbocycles. The Labute approximate surface area is 85.1 Å². The molecule has 1 aliphatic rings. The van der Waals surface area contributed by atoms with Gasteiger partial charge in [0.1, 0.15) is 11.5 Å². The minimum absolute atomic E-state index is 1.02. The average Bonchev–Trinajstić information content (AvgIpc) is 2.47. The largest absolute Gasteiger partial charge is 0.466 e. The zero-order valence-corrected chi connectivity index (χ0v) is 8.97. The fraction of sp³-hybridized carbons (Fsp3) is 0.636. The minimum Gasteiger partial charge on any atom is -0.466 e. The van der Waals surface area contributed by atoms with Crippen molar-refractivity contribution in [3.05, 3.63) is 23.2 Å². The molecular weight excluding hydrogens is 176 g/mol. The molecule has 3 nitrogen and oxygen atoms in total. The summed E-state index contributed by atoms with van der Waals surface area (Å²) >= 11 is 0. The van der Waals surface area contributed by atoms with Crippen LogP contribution in [0.2, 0.25) is 0 Å². The highest BCUT2D eigenvalue weighted by Crippen LogP contribution is 2.15. The summed E-state index contributed by atoms with van der Waals surface area (Å²) in [7, 11) is 0. The Kier molecular flexibility index (Phi) is 2.89. The van der Waals surface area contributed by atoms with E-state index in [0.29, 0.717) is 0 Å². The average molecular weight is 194 g/mol. The van der Waals surface area contributed by atoms with Gasteiger partial charge in [0.25, 0.3) is 0 Å². The Balaban J connectivity index is 1.98. The van der Waals surface area contributed by atoms with Crippen molar-refractivity contribution < 1.29 is 4.42 Å². The van der Waals surface area contributed by atoms with E-state index in [9.17, 15) is 0 Å². The summed E-state index contributed by atoms with van der Waals surface area (Å²) in [5, 5.41) is 3.36. The summed E-state index contributed by atoms with van der Waals surface area (Å²) in [5.41, 5.74) is 1.34. The minimum atomic E-state index is 1.02. The summed E-state index contributed by atoms with van der Waals surface area (Å²) < 4.78 is 5.51. The number of furan rings is 1. The fourth-order valence-electron chi connectivity index (χ4n) is 1.95. The van der Waals surface area contributed by atoms with Gasteiger partial charge in [-0.1, -0.05) is 0 Å². The maximum Gasteiger partial charge on any atom is 0.105 e. The van der Waals surface area contributed by atoms with Gasteiger partial charge in [-0.2, -0.15) is 0 Å². The zero-order chi connectivity index (χ0) is 9.97. The predicted octanol–water partition coefficient (Wildman–Crippen LogP) is 1.30. The van der Waals surface area contributed by atoms with Gasteiger partial charge in [0.2, 0.25) is 0 Å². The second kappa shape index (κ2) is 4.15. The number of nitrogens with one attached hydrogen (secondary N) is 1. The fourth-order valence-corrected chi connectivity index (χ4v) is 1.95. The van der Waals surface area contributed by atoms with Crippen LogP contribution in [0.1, 0.15) is 17.1 Å². The number of piperazine rings is 1. The molecule has 0 unspecified atom stereocenters. The van der Waals surface area contributed by atoms with Crippen LogP contribution in [-0.2, 0) is 6.54 Å². The summed E-state index contributed by atoms with van der Waals surface area (Å²) in [6, 6.07) is 2.15. The number of nitrogens with zero attached hydrogens (tertiary/aromatic N) is 1. The Morgan fingerprint density at radius 1 is 1.36 bits per heavy atom. The molecule has 1 saturated heterocycles. The van der Waals surface area contributed by atoms with Crippen LogP contribution in [0, 0.1) is 13.8 Å². The normalized spacial score (nSPS) is 18.7. The highest BCUT2D eigenvalue weighted by atomic mass is 16.3. The highest BCUT2D eigenvalue weighted by Gasteiger charge is 2.12. The van der Waals surface area contributed by atoms with Crippen molar-refractivity contribution in [3.63, 3.8) is 0 Å². The van der Waals surface area contributed by atoms with Crippen molar-refractivity contribution in [2.24, 2.45) is 0 Å². The van der Waals surface area contributed by atoms with Gasteiger partial charge in [-0.05, 0) is 19.9 Å². The topological polar surface area (TPSA) is 28.4 Å². The molecule has 1 aliphatic heterocycles. The third kappa shape index (κ3) is 2.16. The van der Waals surface area contributed by atoms with E-state index >= 15 is 0 Å². The Morgan fingerprint density at radius 3 is 2.64 bits per heavy atom. The number of rotatable bonds is 2. The zero-order valence-electron chi connectivity index (χ0n) is 8.97. The molecule has 0 radical (unpaired) electrons. The molecule has 1 fully saturated rings. The van der Waals surface area contributed by atoms with Crippen LogP contribution in [-0.4, -0.2) is 31.1 Å². The number of hydrogen-bond donors (Lipinski definition) is 1. The van der Waals surface area contributed by atoms with Crippen molar-refractivity contribution in [1.29, 1.82) is 0 Å². The van der Waals surface area contributed by atoms with Crippen LogP contribution in [0.25, 0.3) is 0 Å². The molecule has 14 heavy (non-hydrogen) atoms. The molecule has 0 amide bonds. The monoisotopic (exact) mass is 194 g/mol. The summed E-state index contributed by atoms with van der Waals surface area (Å²) in [5.74, 6) is 2.09. The highest BCUT2D eigenvalue weighted by molar-refractivity contribution is 5.19. The van der Waals surface area contributed by atoms with Gasteiger partial charge >= 0.3 is 0 Å². The van der Waals surface area contributed by atoms with Crippen molar-refractivity contribution in [2.45, 2.75) is 20.4 Å². The summed E-state index contributed by atoms with van der Waals surface area (Å²) in [4.78, 5) is 2.47. The van der Waals surface area contributed by atoms with E-state index in [0.717, 1.165) is 44.2 Å². The van der Waals surface area contributed by atoms with E-state index in [2.05, 4.69) is 16.3 Å². The van der Waals surface area contributed by atoms with Crippen LogP contribution in [0.15, 0.2) is 10.5 Å². The van der Waals surface area contributed by atoms with Crippen LogP contribution in [0.4, 0.5) is 0 Å². The molecule has 0 bridgehead atoms. The van der Waals surface area contributed by atoms with E-state index in [4.69, 9.17) is 4.42 Å². The van der Waals surface area contributed by atoms with Crippen molar-refractivity contribution in [2.75, 3.05) is 26.2 Å². The van der Waals surface area contributed by atoms with Crippen LogP contribution in [0.5, 0.6) is 0 Å². The maximum absolute atomic E-state index is 5.51. The van der Waals surface area contributed by atoms with Gasteiger partial charge < -0.3 is 9.73 Å². The molecule has 2 heterocycles. The van der Waals surface area contributed by atoms with Gasteiger partial charge in [-0.3, -0.25) is 4.90 Å². The first-order valence-electron chi connectivity index (χ1n) is 5.24. The van der Waals surface area contributed by atoms with Gasteiger partial charge in [-0.25, -0.2) is 0 Å². The van der Waals surface area contributed by atoms with Gasteiger partial charge in [0.15, 0.2) is 0 Å². The van der Waals surface area contributed by atoms with E-state index in [-0.39, 0.29) is 0 Å². The smallest absolute Gasteiger partial charge is 0.105 e. The van der Waals surface area contributed by atoms with E-state index < -0.39 is 0 Å². The first-order chi connectivity index (χ1) is 6.75. The standard InChI is InChI=1S/C11H18N2O/c1-9-7-11(10(2)14-9)8-13-5-3-12-4-6-13/h7,12H,3-6,8H2,1-2H3. The lowest BCUT2D eigenvalue weighted by Gasteiger charge is -2.26. The van der Waals surface area contributed by atoms with Gasteiger partial charge in [0.05, 0.1) is 0 Å². The summed E-state index contributed by atoms with van der Waals surface area (Å²) in [6.07, 6.45) is 0. The van der Waals surface area contributed by atoms with Crippen molar-refractivity contribution >= 4 is 0 Å². The third-order valence-electron chi connectivity index (χ3n) is 2.75. The van der Waals surface area contributed by atoms with Crippen molar-refractivity contribution in [1.82, 2.24) is 10.2 Å². The molecule has 1 aromatic rings. The number of hydrogen-bond acceptors (Lipinski definition) is 3. The molecular formula is C11H18N2O. The number of aryl methyl sites for hydroxylation is 2. The molecule has 2 rings (SSSR count). The second-order valence-electron chi connectivity index (χ2n) is 3.96. The van der Waals surface area contributed by atoms with Crippen molar-refractivity contribution in [3.8, 4) is 0 Å². The first kappa shape index (κ1) is 9.74. The Hall–Kier alpha value is -0.800. The first-order valence-corrected chi connectivity index (χ1v) is 5.24.